The monoisotopic (exact) mass is 330 g/mol. The molecule has 20 heavy (non-hydrogen) atoms. The van der Waals surface area contributed by atoms with Crippen LogP contribution in [-0.2, 0) is 11.8 Å². The fourth-order valence-corrected chi connectivity index (χ4v) is 4.39. The SMILES string of the molecule is CC1(C)Cc2oc(-c3ccccc3)cc2-c2nn[se]c21. The zero-order valence-electron chi connectivity index (χ0n) is 11.4. The van der Waals surface area contributed by atoms with Crippen molar-refractivity contribution in [2.24, 2.45) is 0 Å². The molecule has 0 amide bonds. The van der Waals surface area contributed by atoms with E-state index in [1.807, 2.05) is 18.2 Å². The molecule has 2 heterocycles. The summed E-state index contributed by atoms with van der Waals surface area (Å²) in [4.78, 5) is 0. The average Bonchev–Trinajstić information content (AvgIpc) is 3.05. The van der Waals surface area contributed by atoms with Crippen molar-refractivity contribution in [1.29, 1.82) is 0 Å². The van der Waals surface area contributed by atoms with Crippen LogP contribution in [0.3, 0.4) is 0 Å². The molecule has 0 spiro atoms. The third kappa shape index (κ3) is 1.72. The van der Waals surface area contributed by atoms with Crippen LogP contribution in [0.25, 0.3) is 22.6 Å². The average molecular weight is 329 g/mol. The van der Waals surface area contributed by atoms with Gasteiger partial charge in [-0.2, -0.15) is 0 Å². The van der Waals surface area contributed by atoms with E-state index in [4.69, 9.17) is 4.42 Å². The molecule has 4 heteroatoms. The van der Waals surface area contributed by atoms with Crippen molar-refractivity contribution in [2.45, 2.75) is 25.7 Å². The molecule has 0 fully saturated rings. The van der Waals surface area contributed by atoms with Gasteiger partial charge in [0.2, 0.25) is 0 Å². The number of aromatic nitrogens is 2. The van der Waals surface area contributed by atoms with Gasteiger partial charge in [-0.15, -0.1) is 0 Å². The topological polar surface area (TPSA) is 38.9 Å². The summed E-state index contributed by atoms with van der Waals surface area (Å²) in [5.74, 6) is 1.97. The zero-order chi connectivity index (χ0) is 13.7. The van der Waals surface area contributed by atoms with Crippen LogP contribution in [0, 0.1) is 0 Å². The third-order valence-electron chi connectivity index (χ3n) is 3.83. The normalized spacial score (nSPS) is 15.7. The summed E-state index contributed by atoms with van der Waals surface area (Å²) in [5, 5.41) is 4.37. The number of benzene rings is 1. The summed E-state index contributed by atoms with van der Waals surface area (Å²) in [7, 11) is 0. The fraction of sp³-hybridized carbons (Fsp3) is 0.250. The van der Waals surface area contributed by atoms with Gasteiger partial charge in [-0.05, 0) is 0 Å². The second-order valence-electron chi connectivity index (χ2n) is 5.82. The zero-order valence-corrected chi connectivity index (χ0v) is 13.1. The second kappa shape index (κ2) is 4.17. The van der Waals surface area contributed by atoms with Crippen LogP contribution in [-0.4, -0.2) is 23.9 Å². The minimum absolute atomic E-state index is 0.109. The van der Waals surface area contributed by atoms with Crippen LogP contribution in [0.1, 0.15) is 24.0 Å². The quantitative estimate of drug-likeness (QED) is 0.643. The third-order valence-corrected chi connectivity index (χ3v) is 6.12. The number of nitrogens with zero attached hydrogens (tertiary/aromatic N) is 2. The van der Waals surface area contributed by atoms with Gasteiger partial charge in [0.15, 0.2) is 0 Å². The number of fused-ring (bicyclic) bond motifs is 3. The van der Waals surface area contributed by atoms with E-state index in [1.165, 1.54) is 4.44 Å². The maximum atomic E-state index is 6.11. The van der Waals surface area contributed by atoms with Gasteiger partial charge >= 0.3 is 123 Å². The first-order chi connectivity index (χ1) is 9.65. The van der Waals surface area contributed by atoms with Gasteiger partial charge in [0.1, 0.15) is 0 Å². The number of hydrogen-bond acceptors (Lipinski definition) is 3. The summed E-state index contributed by atoms with van der Waals surface area (Å²) in [5.41, 5.74) is 3.42. The first-order valence-corrected chi connectivity index (χ1v) is 8.29. The Morgan fingerprint density at radius 2 is 2.00 bits per heavy atom. The predicted molar refractivity (Wildman–Crippen MR) is 78.8 cm³/mol. The van der Waals surface area contributed by atoms with Crippen molar-refractivity contribution in [3.63, 3.8) is 0 Å². The Bertz CT molecular complexity index is 771. The van der Waals surface area contributed by atoms with E-state index in [0.717, 1.165) is 34.8 Å². The molecule has 0 radical (unpaired) electrons. The van der Waals surface area contributed by atoms with E-state index < -0.39 is 0 Å². The molecule has 100 valence electrons. The molecular weight excluding hydrogens is 315 g/mol. The van der Waals surface area contributed by atoms with Crippen molar-refractivity contribution in [3.05, 3.63) is 46.6 Å². The number of rotatable bonds is 1. The molecule has 0 atom stereocenters. The molecule has 0 saturated carbocycles. The number of hydrogen-bond donors (Lipinski definition) is 0. The van der Waals surface area contributed by atoms with Gasteiger partial charge in [-0.1, -0.05) is 0 Å². The first-order valence-electron chi connectivity index (χ1n) is 6.66. The molecule has 1 aliphatic rings. The van der Waals surface area contributed by atoms with Crippen LogP contribution in [0.5, 0.6) is 0 Å². The first kappa shape index (κ1) is 12.1. The molecule has 0 saturated heterocycles. The summed E-state index contributed by atoms with van der Waals surface area (Å²) < 4.78 is 11.8. The molecule has 4 rings (SSSR count). The Hall–Kier alpha value is -1.64. The van der Waals surface area contributed by atoms with Gasteiger partial charge in [0.25, 0.3) is 0 Å². The fourth-order valence-electron chi connectivity index (χ4n) is 2.80. The molecule has 3 aromatic rings. The van der Waals surface area contributed by atoms with Crippen LogP contribution in [0.2, 0.25) is 0 Å². The second-order valence-corrected chi connectivity index (χ2v) is 7.41. The maximum absolute atomic E-state index is 6.11. The Morgan fingerprint density at radius 3 is 2.80 bits per heavy atom. The van der Waals surface area contributed by atoms with Gasteiger partial charge in [0, 0.05) is 0 Å². The van der Waals surface area contributed by atoms with Crippen LogP contribution in [0.15, 0.2) is 40.8 Å². The van der Waals surface area contributed by atoms with Crippen molar-refractivity contribution >= 4 is 14.7 Å². The molecule has 3 nitrogen and oxygen atoms in total. The van der Waals surface area contributed by atoms with Gasteiger partial charge < -0.3 is 0 Å². The number of furan rings is 1. The van der Waals surface area contributed by atoms with Crippen LogP contribution < -0.4 is 0 Å². The van der Waals surface area contributed by atoms with E-state index in [2.05, 4.69) is 41.2 Å². The summed E-state index contributed by atoms with van der Waals surface area (Å²) >= 11 is 0.153. The Balaban J connectivity index is 1.90. The molecule has 2 aromatic heterocycles. The summed E-state index contributed by atoms with van der Waals surface area (Å²) in [6.07, 6.45) is 0.931. The van der Waals surface area contributed by atoms with Crippen molar-refractivity contribution in [2.75, 3.05) is 0 Å². The molecule has 0 aliphatic heterocycles. The van der Waals surface area contributed by atoms with Crippen molar-refractivity contribution < 1.29 is 4.42 Å². The van der Waals surface area contributed by atoms with Gasteiger partial charge in [-0.25, -0.2) is 0 Å². The summed E-state index contributed by atoms with van der Waals surface area (Å²) in [6.45, 7) is 4.52. The predicted octanol–water partition coefficient (Wildman–Crippen LogP) is 3.29. The minimum atomic E-state index is 0.109. The van der Waals surface area contributed by atoms with E-state index in [-0.39, 0.29) is 20.1 Å². The molecule has 0 N–H and O–H groups in total. The van der Waals surface area contributed by atoms with E-state index in [9.17, 15) is 0 Å². The van der Waals surface area contributed by atoms with E-state index in [0.29, 0.717) is 0 Å². The van der Waals surface area contributed by atoms with Crippen molar-refractivity contribution in [1.82, 2.24) is 9.19 Å². The molecular formula is C16H14N2OSe. The van der Waals surface area contributed by atoms with Crippen molar-refractivity contribution in [3.8, 4) is 22.6 Å². The molecule has 0 bridgehead atoms. The van der Waals surface area contributed by atoms with Gasteiger partial charge in [0.05, 0.1) is 0 Å². The Morgan fingerprint density at radius 1 is 1.20 bits per heavy atom. The standard InChI is InChI=1S/C16H14N2OSe/c1-16(2)9-13-11(14-15(16)20-18-17-14)8-12(19-13)10-6-4-3-5-7-10/h3-8H,9H2,1-2H3. The molecule has 0 unspecified atom stereocenters. The Kier molecular flexibility index (Phi) is 2.53. The van der Waals surface area contributed by atoms with E-state index >= 15 is 0 Å². The Labute approximate surface area is 123 Å². The molecule has 1 aromatic carbocycles. The van der Waals surface area contributed by atoms with E-state index in [1.54, 1.807) is 0 Å². The van der Waals surface area contributed by atoms with Gasteiger partial charge in [-0.3, -0.25) is 0 Å². The van der Waals surface area contributed by atoms with Crippen LogP contribution in [0.4, 0.5) is 0 Å². The molecule has 1 aliphatic carbocycles. The van der Waals surface area contributed by atoms with Crippen LogP contribution >= 0.6 is 0 Å². The summed E-state index contributed by atoms with van der Waals surface area (Å²) in [6, 6.07) is 12.4.